The van der Waals surface area contributed by atoms with Crippen molar-refractivity contribution in [3.63, 3.8) is 0 Å². The number of rotatable bonds is 4. The Balaban J connectivity index is 2.09. The van der Waals surface area contributed by atoms with Gasteiger partial charge in [0.1, 0.15) is 16.5 Å². The van der Waals surface area contributed by atoms with Gasteiger partial charge in [0.15, 0.2) is 0 Å². The molecular weight excluding hydrogens is 260 g/mol. The van der Waals surface area contributed by atoms with Gasteiger partial charge in [0, 0.05) is 18.0 Å². The number of hydrazine groups is 1. The van der Waals surface area contributed by atoms with E-state index in [4.69, 9.17) is 5.84 Å². The van der Waals surface area contributed by atoms with E-state index in [0.29, 0.717) is 6.54 Å². The molecule has 0 aliphatic carbocycles. The highest BCUT2D eigenvalue weighted by Gasteiger charge is 2.13. The number of nitrogens with two attached hydrogens (primary N) is 1. The first-order valence-electron chi connectivity index (χ1n) is 6.05. The van der Waals surface area contributed by atoms with Gasteiger partial charge in [-0.25, -0.2) is 10.8 Å². The molecule has 0 atom stereocenters. The van der Waals surface area contributed by atoms with E-state index in [1.165, 1.54) is 11.5 Å². The number of hydrogen-bond acceptors (Lipinski definition) is 6. The van der Waals surface area contributed by atoms with E-state index in [0.717, 1.165) is 34.0 Å². The Morgan fingerprint density at radius 1 is 1.37 bits per heavy atom. The number of nitrogens with one attached hydrogen (secondary N) is 1. The number of nitrogen functional groups attached to an aromatic ring is 1. The zero-order chi connectivity index (χ0) is 13.2. The van der Waals surface area contributed by atoms with Crippen LogP contribution < -0.4 is 11.3 Å². The molecule has 7 heteroatoms. The van der Waals surface area contributed by atoms with Gasteiger partial charge in [0.2, 0.25) is 0 Å². The summed E-state index contributed by atoms with van der Waals surface area (Å²) in [5.74, 6) is 6.50. The summed E-state index contributed by atoms with van der Waals surface area (Å²) in [6.07, 6.45) is 0.873. The summed E-state index contributed by atoms with van der Waals surface area (Å²) < 4.78 is 6.08. The van der Waals surface area contributed by atoms with Crippen LogP contribution in [0, 0.1) is 0 Å². The van der Waals surface area contributed by atoms with Gasteiger partial charge < -0.3 is 9.99 Å². The number of benzene rings is 1. The maximum absolute atomic E-state index is 5.46. The lowest BCUT2D eigenvalue weighted by atomic mass is 10.3. The number of fused-ring (bicyclic) bond motifs is 1. The molecule has 0 aliphatic heterocycles. The molecule has 0 spiro atoms. The van der Waals surface area contributed by atoms with Gasteiger partial charge in [0.05, 0.1) is 17.6 Å². The van der Waals surface area contributed by atoms with E-state index < -0.39 is 0 Å². The molecule has 0 saturated heterocycles. The van der Waals surface area contributed by atoms with Gasteiger partial charge in [-0.1, -0.05) is 23.5 Å². The molecule has 0 aliphatic rings. The average molecular weight is 274 g/mol. The fraction of sp³-hybridized carbons (Fsp3) is 0.250. The molecule has 19 heavy (non-hydrogen) atoms. The average Bonchev–Trinajstić information content (AvgIpc) is 3.04. The van der Waals surface area contributed by atoms with Crippen molar-refractivity contribution in [2.75, 3.05) is 5.43 Å². The summed E-state index contributed by atoms with van der Waals surface area (Å²) in [5.41, 5.74) is 5.58. The monoisotopic (exact) mass is 274 g/mol. The molecule has 0 unspecified atom stereocenters. The third-order valence-electron chi connectivity index (χ3n) is 3.04. The maximum Gasteiger partial charge on any atom is 0.149 e. The van der Waals surface area contributed by atoms with Gasteiger partial charge in [-0.2, -0.15) is 0 Å². The number of imidazole rings is 1. The van der Waals surface area contributed by atoms with Crippen LogP contribution in [0.2, 0.25) is 0 Å². The molecule has 0 saturated carbocycles. The van der Waals surface area contributed by atoms with Crippen LogP contribution in [-0.2, 0) is 13.0 Å². The lowest BCUT2D eigenvalue weighted by Gasteiger charge is -2.07. The highest BCUT2D eigenvalue weighted by Crippen LogP contribution is 2.22. The quantitative estimate of drug-likeness (QED) is 0.560. The largest absolute Gasteiger partial charge is 0.322 e. The minimum atomic E-state index is 0.625. The van der Waals surface area contributed by atoms with Crippen molar-refractivity contribution < 1.29 is 0 Å². The van der Waals surface area contributed by atoms with Gasteiger partial charge in [-0.3, -0.25) is 0 Å². The molecule has 2 heterocycles. The van der Waals surface area contributed by atoms with Crippen LogP contribution in [0.5, 0.6) is 0 Å². The highest BCUT2D eigenvalue weighted by molar-refractivity contribution is 7.10. The van der Waals surface area contributed by atoms with E-state index in [-0.39, 0.29) is 0 Å². The number of aryl methyl sites for hydroxylation is 1. The number of nitrogens with zero attached hydrogens (tertiary/aromatic N) is 4. The van der Waals surface area contributed by atoms with Gasteiger partial charge in [0.25, 0.3) is 0 Å². The summed E-state index contributed by atoms with van der Waals surface area (Å²) in [7, 11) is 0. The molecule has 0 fully saturated rings. The smallest absolute Gasteiger partial charge is 0.149 e. The van der Waals surface area contributed by atoms with Crippen LogP contribution in [0.15, 0.2) is 24.3 Å². The summed E-state index contributed by atoms with van der Waals surface area (Å²) in [6.45, 7) is 2.72. The van der Waals surface area contributed by atoms with E-state index in [1.807, 2.05) is 18.2 Å². The van der Waals surface area contributed by atoms with Gasteiger partial charge in [-0.05, 0) is 12.1 Å². The topological polar surface area (TPSA) is 81.7 Å². The number of para-hydroxylation sites is 2. The fourth-order valence-corrected chi connectivity index (χ4v) is 2.63. The zero-order valence-corrected chi connectivity index (χ0v) is 11.3. The molecule has 6 nitrogen and oxygen atoms in total. The summed E-state index contributed by atoms with van der Waals surface area (Å²) in [6, 6.07) is 8.10. The van der Waals surface area contributed by atoms with Crippen molar-refractivity contribution in [1.29, 1.82) is 0 Å². The second-order valence-electron chi connectivity index (χ2n) is 4.15. The van der Waals surface area contributed by atoms with Crippen molar-refractivity contribution in [2.24, 2.45) is 5.84 Å². The van der Waals surface area contributed by atoms with Crippen molar-refractivity contribution in [3.05, 3.63) is 35.8 Å². The number of hydrogen-bond donors (Lipinski definition) is 2. The Labute approximate surface area is 114 Å². The Morgan fingerprint density at radius 2 is 2.21 bits per heavy atom. The summed E-state index contributed by atoms with van der Waals surface area (Å²) >= 11 is 1.26. The molecule has 3 N–H and O–H groups in total. The maximum atomic E-state index is 5.46. The molecule has 0 radical (unpaired) electrons. The normalized spacial score (nSPS) is 11.1. The van der Waals surface area contributed by atoms with E-state index in [9.17, 15) is 0 Å². The lowest BCUT2D eigenvalue weighted by molar-refractivity contribution is 0.734. The second-order valence-corrected chi connectivity index (χ2v) is 4.90. The minimum Gasteiger partial charge on any atom is -0.322 e. The molecule has 0 amide bonds. The third kappa shape index (κ3) is 2.06. The van der Waals surface area contributed by atoms with Crippen molar-refractivity contribution in [3.8, 4) is 0 Å². The molecular formula is C12H14N6S. The van der Waals surface area contributed by atoms with Crippen molar-refractivity contribution in [2.45, 2.75) is 19.9 Å². The predicted molar refractivity (Wildman–Crippen MR) is 75.9 cm³/mol. The standard InChI is InChI=1S/C12H14N6S/c1-2-11-14-8-5-3-4-6-10(8)18(11)7-9-12(15-13)19-17-16-9/h3-6,15H,2,7,13H2,1H3. The zero-order valence-electron chi connectivity index (χ0n) is 10.5. The van der Waals surface area contributed by atoms with Crippen molar-refractivity contribution >= 4 is 27.6 Å². The third-order valence-corrected chi connectivity index (χ3v) is 3.74. The van der Waals surface area contributed by atoms with Crippen LogP contribution in [0.1, 0.15) is 18.4 Å². The number of aromatic nitrogens is 4. The number of anilines is 1. The fourth-order valence-electron chi connectivity index (χ4n) is 2.14. The van der Waals surface area contributed by atoms with Crippen LogP contribution in [0.4, 0.5) is 5.00 Å². The van der Waals surface area contributed by atoms with Crippen LogP contribution >= 0.6 is 11.5 Å². The Kier molecular flexibility index (Phi) is 3.14. The molecule has 98 valence electrons. The van der Waals surface area contributed by atoms with Crippen LogP contribution in [0.25, 0.3) is 11.0 Å². The SMILES string of the molecule is CCc1nc2ccccc2n1Cc1nnsc1NN. The molecule has 2 aromatic heterocycles. The van der Waals surface area contributed by atoms with Gasteiger partial charge >= 0.3 is 0 Å². The van der Waals surface area contributed by atoms with Crippen LogP contribution in [-0.4, -0.2) is 19.1 Å². The Morgan fingerprint density at radius 3 is 3.00 bits per heavy atom. The molecule has 3 aromatic rings. The summed E-state index contributed by atoms with van der Waals surface area (Å²) in [4.78, 5) is 4.63. The van der Waals surface area contributed by atoms with E-state index in [2.05, 4.69) is 37.6 Å². The first-order chi connectivity index (χ1) is 9.33. The van der Waals surface area contributed by atoms with E-state index >= 15 is 0 Å². The Bertz CT molecular complexity index is 701. The minimum absolute atomic E-state index is 0.625. The highest BCUT2D eigenvalue weighted by atomic mass is 32.1. The van der Waals surface area contributed by atoms with Crippen LogP contribution in [0.3, 0.4) is 0 Å². The summed E-state index contributed by atoms with van der Waals surface area (Å²) in [5, 5.41) is 4.91. The van der Waals surface area contributed by atoms with Crippen molar-refractivity contribution in [1.82, 2.24) is 19.1 Å². The predicted octanol–water partition coefficient (Wildman–Crippen LogP) is 1.78. The molecule has 3 rings (SSSR count). The second kappa shape index (κ2) is 4.94. The molecule has 0 bridgehead atoms. The lowest BCUT2D eigenvalue weighted by Crippen LogP contribution is -2.10. The molecule has 1 aromatic carbocycles. The first kappa shape index (κ1) is 12.1. The van der Waals surface area contributed by atoms with Gasteiger partial charge in [-0.15, -0.1) is 5.10 Å². The first-order valence-corrected chi connectivity index (χ1v) is 6.82. The van der Waals surface area contributed by atoms with E-state index in [1.54, 1.807) is 0 Å². The Hall–Kier alpha value is -1.99.